The minimum absolute atomic E-state index is 0.0293. The Morgan fingerprint density at radius 3 is 2.69 bits per heavy atom. The first kappa shape index (κ1) is 11.1. The summed E-state index contributed by atoms with van der Waals surface area (Å²) in [6.07, 6.45) is 1.11. The number of halogens is 2. The van der Waals surface area contributed by atoms with Crippen LogP contribution in [-0.4, -0.2) is 11.5 Å². The number of anilines is 2. The monoisotopic (exact) mass is 227 g/mol. The highest BCUT2D eigenvalue weighted by molar-refractivity contribution is 5.45. The van der Waals surface area contributed by atoms with Gasteiger partial charge in [-0.25, -0.2) is 13.8 Å². The standard InChI is InChI=1S/C11H15F2N3/c1-11(2)4-6(11)5-15-10-8(13)3-7(12)9(14)16-10/h3,6H,4-5H2,1-2H3,(H3,14,15,16). The zero-order chi connectivity index (χ0) is 11.9. The average Bonchev–Trinajstić information content (AvgIpc) is 2.78. The Morgan fingerprint density at radius 1 is 1.50 bits per heavy atom. The molecule has 1 unspecified atom stereocenters. The highest BCUT2D eigenvalue weighted by atomic mass is 19.1. The third-order valence-corrected chi connectivity index (χ3v) is 3.19. The third kappa shape index (κ3) is 2.08. The number of hydrogen-bond acceptors (Lipinski definition) is 3. The van der Waals surface area contributed by atoms with E-state index in [1.54, 1.807) is 0 Å². The second-order valence-electron chi connectivity index (χ2n) is 4.96. The van der Waals surface area contributed by atoms with E-state index in [1.165, 1.54) is 0 Å². The Bertz CT molecular complexity index is 418. The van der Waals surface area contributed by atoms with Crippen molar-refractivity contribution in [3.63, 3.8) is 0 Å². The van der Waals surface area contributed by atoms with E-state index in [4.69, 9.17) is 5.73 Å². The van der Waals surface area contributed by atoms with Crippen LogP contribution in [0.1, 0.15) is 20.3 Å². The molecule has 3 N–H and O–H groups in total. The lowest BCUT2D eigenvalue weighted by Gasteiger charge is -2.08. The second kappa shape index (κ2) is 3.57. The first-order valence-electron chi connectivity index (χ1n) is 5.25. The van der Waals surface area contributed by atoms with E-state index in [-0.39, 0.29) is 11.6 Å². The molecule has 0 radical (unpaired) electrons. The fraction of sp³-hybridized carbons (Fsp3) is 0.545. The molecule has 5 heteroatoms. The summed E-state index contributed by atoms with van der Waals surface area (Å²) >= 11 is 0. The first-order chi connectivity index (χ1) is 7.40. The van der Waals surface area contributed by atoms with Crippen LogP contribution in [-0.2, 0) is 0 Å². The molecule has 2 rings (SSSR count). The Labute approximate surface area is 93.1 Å². The lowest BCUT2D eigenvalue weighted by atomic mass is 10.1. The normalized spacial score (nSPS) is 21.9. The summed E-state index contributed by atoms with van der Waals surface area (Å²) in [5.41, 5.74) is 5.59. The quantitative estimate of drug-likeness (QED) is 0.833. The van der Waals surface area contributed by atoms with Gasteiger partial charge in [-0.15, -0.1) is 0 Å². The fourth-order valence-electron chi connectivity index (χ4n) is 1.75. The Kier molecular flexibility index (Phi) is 2.48. The van der Waals surface area contributed by atoms with Gasteiger partial charge in [0.05, 0.1) is 0 Å². The van der Waals surface area contributed by atoms with Gasteiger partial charge in [0.15, 0.2) is 23.3 Å². The highest BCUT2D eigenvalue weighted by Gasteiger charge is 2.45. The molecule has 1 aliphatic rings. The first-order valence-corrected chi connectivity index (χ1v) is 5.25. The smallest absolute Gasteiger partial charge is 0.168 e. The molecule has 0 saturated heterocycles. The molecule has 0 spiro atoms. The summed E-state index contributed by atoms with van der Waals surface area (Å²) in [7, 11) is 0. The Balaban J connectivity index is 2.02. The van der Waals surface area contributed by atoms with E-state index < -0.39 is 11.6 Å². The summed E-state index contributed by atoms with van der Waals surface area (Å²) in [5.74, 6) is -1.26. The molecule has 1 aliphatic carbocycles. The van der Waals surface area contributed by atoms with Crippen molar-refractivity contribution < 1.29 is 8.78 Å². The predicted molar refractivity (Wildman–Crippen MR) is 58.9 cm³/mol. The maximum Gasteiger partial charge on any atom is 0.168 e. The second-order valence-corrected chi connectivity index (χ2v) is 4.96. The van der Waals surface area contributed by atoms with Gasteiger partial charge >= 0.3 is 0 Å². The van der Waals surface area contributed by atoms with E-state index >= 15 is 0 Å². The lowest BCUT2D eigenvalue weighted by Crippen LogP contribution is -2.11. The van der Waals surface area contributed by atoms with Crippen molar-refractivity contribution in [2.75, 3.05) is 17.6 Å². The van der Waals surface area contributed by atoms with Gasteiger partial charge < -0.3 is 11.1 Å². The molecule has 0 amide bonds. The van der Waals surface area contributed by atoms with Gasteiger partial charge in [-0.3, -0.25) is 0 Å². The van der Waals surface area contributed by atoms with Crippen molar-refractivity contribution in [3.8, 4) is 0 Å². The van der Waals surface area contributed by atoms with E-state index in [0.717, 1.165) is 12.5 Å². The lowest BCUT2D eigenvalue weighted by molar-refractivity contribution is 0.563. The predicted octanol–water partition coefficient (Wildman–Crippen LogP) is 2.40. The Morgan fingerprint density at radius 2 is 2.12 bits per heavy atom. The maximum absolute atomic E-state index is 13.3. The molecule has 3 nitrogen and oxygen atoms in total. The van der Waals surface area contributed by atoms with Crippen LogP contribution in [0.3, 0.4) is 0 Å². The number of nitrogens with zero attached hydrogens (tertiary/aromatic N) is 1. The van der Waals surface area contributed by atoms with Gasteiger partial charge in [0.1, 0.15) is 0 Å². The van der Waals surface area contributed by atoms with Crippen LogP contribution in [0.25, 0.3) is 0 Å². The Hall–Kier alpha value is -1.39. The number of rotatable bonds is 3. The number of nitrogens with one attached hydrogen (secondary N) is 1. The van der Waals surface area contributed by atoms with Crippen molar-refractivity contribution in [2.24, 2.45) is 11.3 Å². The van der Waals surface area contributed by atoms with E-state index in [0.29, 0.717) is 17.9 Å². The minimum atomic E-state index is -0.824. The van der Waals surface area contributed by atoms with Crippen molar-refractivity contribution in [1.82, 2.24) is 4.98 Å². The molecule has 1 atom stereocenters. The van der Waals surface area contributed by atoms with E-state index in [9.17, 15) is 8.78 Å². The van der Waals surface area contributed by atoms with Crippen LogP contribution < -0.4 is 11.1 Å². The van der Waals surface area contributed by atoms with E-state index in [1.807, 2.05) is 0 Å². The topological polar surface area (TPSA) is 50.9 Å². The summed E-state index contributed by atoms with van der Waals surface area (Å²) in [4.78, 5) is 3.64. The van der Waals surface area contributed by atoms with Crippen LogP contribution in [0.15, 0.2) is 6.07 Å². The molecule has 16 heavy (non-hydrogen) atoms. The van der Waals surface area contributed by atoms with Gasteiger partial charge in [-0.1, -0.05) is 13.8 Å². The largest absolute Gasteiger partial charge is 0.381 e. The molecule has 0 aromatic carbocycles. The van der Waals surface area contributed by atoms with Crippen molar-refractivity contribution in [1.29, 1.82) is 0 Å². The number of pyridine rings is 1. The molecule has 88 valence electrons. The van der Waals surface area contributed by atoms with Crippen molar-refractivity contribution in [3.05, 3.63) is 17.7 Å². The zero-order valence-corrected chi connectivity index (χ0v) is 9.35. The zero-order valence-electron chi connectivity index (χ0n) is 9.35. The van der Waals surface area contributed by atoms with Crippen LogP contribution in [0.2, 0.25) is 0 Å². The van der Waals surface area contributed by atoms with Gasteiger partial charge in [-0.05, 0) is 17.8 Å². The fourth-order valence-corrected chi connectivity index (χ4v) is 1.75. The molecule has 0 bridgehead atoms. The van der Waals surface area contributed by atoms with Crippen LogP contribution >= 0.6 is 0 Å². The number of nitrogens with two attached hydrogens (primary N) is 1. The SMILES string of the molecule is CC1(C)CC1CNc1nc(N)c(F)cc1F. The van der Waals surface area contributed by atoms with Gasteiger partial charge in [0.25, 0.3) is 0 Å². The molecule has 1 heterocycles. The summed E-state index contributed by atoms with van der Waals surface area (Å²) in [6.45, 7) is 4.95. The van der Waals surface area contributed by atoms with Crippen LogP contribution in [0.4, 0.5) is 20.4 Å². The number of nitrogen functional groups attached to an aromatic ring is 1. The maximum atomic E-state index is 13.3. The minimum Gasteiger partial charge on any atom is -0.381 e. The third-order valence-electron chi connectivity index (χ3n) is 3.19. The molecule has 1 aromatic rings. The van der Waals surface area contributed by atoms with Gasteiger partial charge in [0, 0.05) is 12.6 Å². The van der Waals surface area contributed by atoms with E-state index in [2.05, 4.69) is 24.1 Å². The molecule has 1 fully saturated rings. The molecular formula is C11H15F2N3. The summed E-state index contributed by atoms with van der Waals surface area (Å²) < 4.78 is 26.1. The summed E-state index contributed by atoms with van der Waals surface area (Å²) in [6, 6.07) is 0.753. The molecule has 1 aromatic heterocycles. The molecule has 1 saturated carbocycles. The number of hydrogen-bond donors (Lipinski definition) is 2. The van der Waals surface area contributed by atoms with Crippen molar-refractivity contribution in [2.45, 2.75) is 20.3 Å². The molecular weight excluding hydrogens is 212 g/mol. The number of aromatic nitrogens is 1. The van der Waals surface area contributed by atoms with Crippen LogP contribution in [0, 0.1) is 23.0 Å². The van der Waals surface area contributed by atoms with Gasteiger partial charge in [-0.2, -0.15) is 0 Å². The van der Waals surface area contributed by atoms with Crippen LogP contribution in [0.5, 0.6) is 0 Å². The van der Waals surface area contributed by atoms with Crippen molar-refractivity contribution >= 4 is 11.6 Å². The molecule has 0 aliphatic heterocycles. The average molecular weight is 227 g/mol. The summed E-state index contributed by atoms with van der Waals surface area (Å²) in [5, 5.41) is 2.87. The van der Waals surface area contributed by atoms with Gasteiger partial charge in [0.2, 0.25) is 0 Å². The highest BCUT2D eigenvalue weighted by Crippen LogP contribution is 2.51.